The lowest BCUT2D eigenvalue weighted by Crippen LogP contribution is -2.33. The van der Waals surface area contributed by atoms with Gasteiger partial charge in [0.15, 0.2) is 0 Å². The SMILES string of the molecule is Cc1cc(Nc2ccc(CCNC(=O)OC(C)(C)C)cc2)c([N+](=O)[O-])c(Cl)n1. The number of halogens is 1. The molecule has 9 heteroatoms. The number of amides is 1. The molecule has 1 aromatic carbocycles. The predicted octanol–water partition coefficient (Wildman–Crippen LogP) is 4.76. The second kappa shape index (κ2) is 8.88. The van der Waals surface area contributed by atoms with Crippen LogP contribution in [0.15, 0.2) is 30.3 Å². The number of nitro groups is 1. The fraction of sp³-hybridized carbons (Fsp3) is 0.368. The Morgan fingerprint density at radius 3 is 2.50 bits per heavy atom. The molecule has 0 aliphatic heterocycles. The van der Waals surface area contributed by atoms with E-state index < -0.39 is 16.6 Å². The van der Waals surface area contributed by atoms with Crippen LogP contribution in [0.5, 0.6) is 0 Å². The first-order valence-corrected chi connectivity index (χ1v) is 9.07. The van der Waals surface area contributed by atoms with Crippen molar-refractivity contribution in [3.8, 4) is 0 Å². The van der Waals surface area contributed by atoms with Crippen LogP contribution < -0.4 is 10.6 Å². The summed E-state index contributed by atoms with van der Waals surface area (Å²) in [6.07, 6.45) is 0.169. The van der Waals surface area contributed by atoms with E-state index in [0.717, 1.165) is 5.56 Å². The number of nitrogens with one attached hydrogen (secondary N) is 2. The number of alkyl carbamates (subject to hydrolysis) is 1. The molecule has 28 heavy (non-hydrogen) atoms. The van der Waals surface area contributed by atoms with Gasteiger partial charge in [-0.15, -0.1) is 0 Å². The van der Waals surface area contributed by atoms with Crippen molar-refractivity contribution in [1.82, 2.24) is 10.3 Å². The Labute approximate surface area is 168 Å². The summed E-state index contributed by atoms with van der Waals surface area (Å²) in [5.74, 6) is 0. The topological polar surface area (TPSA) is 106 Å². The molecule has 0 unspecified atom stereocenters. The molecule has 0 saturated heterocycles. The first kappa shape index (κ1) is 21.4. The van der Waals surface area contributed by atoms with Crippen molar-refractivity contribution in [2.24, 2.45) is 0 Å². The van der Waals surface area contributed by atoms with Gasteiger partial charge in [-0.3, -0.25) is 10.1 Å². The van der Waals surface area contributed by atoms with E-state index in [4.69, 9.17) is 16.3 Å². The first-order chi connectivity index (χ1) is 13.0. The van der Waals surface area contributed by atoms with Gasteiger partial charge in [-0.1, -0.05) is 23.7 Å². The van der Waals surface area contributed by atoms with E-state index in [1.807, 2.05) is 12.1 Å². The Bertz CT molecular complexity index is 863. The minimum absolute atomic E-state index is 0.155. The van der Waals surface area contributed by atoms with Crippen LogP contribution in [0.4, 0.5) is 21.9 Å². The number of rotatable bonds is 6. The molecule has 1 amide bonds. The number of ether oxygens (including phenoxy) is 1. The number of benzene rings is 1. The third-order valence-corrected chi connectivity index (χ3v) is 3.84. The van der Waals surface area contributed by atoms with Crippen molar-refractivity contribution in [2.45, 2.75) is 39.7 Å². The summed E-state index contributed by atoms with van der Waals surface area (Å²) in [6.45, 7) is 7.56. The minimum atomic E-state index is -0.562. The molecule has 0 atom stereocenters. The average Bonchev–Trinajstić information content (AvgIpc) is 2.53. The maximum atomic E-state index is 11.6. The Morgan fingerprint density at radius 2 is 1.93 bits per heavy atom. The molecule has 2 rings (SSSR count). The van der Waals surface area contributed by atoms with Crippen molar-refractivity contribution in [3.05, 3.63) is 56.9 Å². The lowest BCUT2D eigenvalue weighted by Gasteiger charge is -2.19. The maximum Gasteiger partial charge on any atom is 0.407 e. The van der Waals surface area contributed by atoms with Gasteiger partial charge in [-0.2, -0.15) is 0 Å². The van der Waals surface area contributed by atoms with Gasteiger partial charge in [0.2, 0.25) is 5.15 Å². The van der Waals surface area contributed by atoms with Crippen molar-refractivity contribution in [1.29, 1.82) is 0 Å². The van der Waals surface area contributed by atoms with E-state index >= 15 is 0 Å². The lowest BCUT2D eigenvalue weighted by molar-refractivity contribution is -0.384. The summed E-state index contributed by atoms with van der Waals surface area (Å²) >= 11 is 5.91. The van der Waals surface area contributed by atoms with Crippen molar-refractivity contribution >= 4 is 34.8 Å². The molecule has 0 aliphatic carbocycles. The monoisotopic (exact) mass is 406 g/mol. The molecule has 2 N–H and O–H groups in total. The molecule has 1 aromatic heterocycles. The van der Waals surface area contributed by atoms with Gasteiger partial charge in [-0.05, 0) is 57.9 Å². The second-order valence-corrected chi connectivity index (χ2v) is 7.57. The third-order valence-electron chi connectivity index (χ3n) is 3.58. The molecule has 0 aliphatic rings. The third kappa shape index (κ3) is 6.38. The Balaban J connectivity index is 1.99. The zero-order valence-corrected chi connectivity index (χ0v) is 17.0. The standard InChI is InChI=1S/C19H23ClN4O4/c1-12-11-15(16(24(26)27)17(20)22-12)23-14-7-5-13(6-8-14)9-10-21-18(25)28-19(2,3)4/h5-8,11H,9-10H2,1-4H3,(H,21,25)(H,22,23). The molecule has 8 nitrogen and oxygen atoms in total. The molecule has 0 bridgehead atoms. The molecule has 150 valence electrons. The van der Waals surface area contributed by atoms with Crippen LogP contribution >= 0.6 is 11.6 Å². The highest BCUT2D eigenvalue weighted by Gasteiger charge is 2.21. The summed E-state index contributed by atoms with van der Waals surface area (Å²) in [7, 11) is 0. The van der Waals surface area contributed by atoms with Crippen LogP contribution in [0, 0.1) is 17.0 Å². The van der Waals surface area contributed by atoms with Crippen LogP contribution in [-0.2, 0) is 11.2 Å². The summed E-state index contributed by atoms with van der Waals surface area (Å²) in [5, 5.41) is 16.8. The fourth-order valence-corrected chi connectivity index (χ4v) is 2.73. The van der Waals surface area contributed by atoms with Gasteiger partial charge in [-0.25, -0.2) is 9.78 Å². The highest BCUT2D eigenvalue weighted by atomic mass is 35.5. The highest BCUT2D eigenvalue weighted by Crippen LogP contribution is 2.33. The Kier molecular flexibility index (Phi) is 6.80. The highest BCUT2D eigenvalue weighted by molar-refractivity contribution is 6.32. The molecule has 0 saturated carbocycles. The number of carbonyl (C=O) groups excluding carboxylic acids is 1. The minimum Gasteiger partial charge on any atom is -0.444 e. The molecule has 0 fully saturated rings. The summed E-state index contributed by atoms with van der Waals surface area (Å²) in [5.41, 5.74) is 1.73. The van der Waals surface area contributed by atoms with E-state index in [-0.39, 0.29) is 16.5 Å². The zero-order chi connectivity index (χ0) is 20.9. The van der Waals surface area contributed by atoms with Gasteiger partial charge in [0.25, 0.3) is 0 Å². The predicted molar refractivity (Wildman–Crippen MR) is 108 cm³/mol. The van der Waals surface area contributed by atoms with Crippen molar-refractivity contribution in [2.75, 3.05) is 11.9 Å². The molecule has 0 radical (unpaired) electrons. The van der Waals surface area contributed by atoms with Crippen LogP contribution in [0.1, 0.15) is 32.0 Å². The fourth-order valence-electron chi connectivity index (χ4n) is 2.43. The van der Waals surface area contributed by atoms with E-state index in [1.54, 1.807) is 45.9 Å². The number of hydrogen-bond donors (Lipinski definition) is 2. The van der Waals surface area contributed by atoms with Crippen LogP contribution in [0.3, 0.4) is 0 Å². The van der Waals surface area contributed by atoms with Gasteiger partial charge in [0.05, 0.1) is 4.92 Å². The van der Waals surface area contributed by atoms with E-state index in [0.29, 0.717) is 24.3 Å². The number of carbonyl (C=O) groups is 1. The Hall–Kier alpha value is -2.87. The summed E-state index contributed by atoms with van der Waals surface area (Å²) < 4.78 is 5.18. The number of hydrogen-bond acceptors (Lipinski definition) is 6. The van der Waals surface area contributed by atoms with E-state index in [2.05, 4.69) is 15.6 Å². The number of aryl methyl sites for hydroxylation is 1. The summed E-state index contributed by atoms with van der Waals surface area (Å²) in [6, 6.07) is 8.93. The van der Waals surface area contributed by atoms with Crippen molar-refractivity contribution in [3.63, 3.8) is 0 Å². The zero-order valence-electron chi connectivity index (χ0n) is 16.2. The largest absolute Gasteiger partial charge is 0.444 e. The molecule has 2 aromatic rings. The van der Waals surface area contributed by atoms with Crippen LogP contribution in [0.2, 0.25) is 5.15 Å². The Morgan fingerprint density at radius 1 is 1.29 bits per heavy atom. The molecule has 1 heterocycles. The van der Waals surface area contributed by atoms with Gasteiger partial charge in [0, 0.05) is 17.9 Å². The van der Waals surface area contributed by atoms with Gasteiger partial charge in [0.1, 0.15) is 11.3 Å². The normalized spacial score (nSPS) is 11.0. The second-order valence-electron chi connectivity index (χ2n) is 7.21. The lowest BCUT2D eigenvalue weighted by atomic mass is 10.1. The smallest absolute Gasteiger partial charge is 0.407 e. The average molecular weight is 407 g/mol. The number of nitrogens with zero attached hydrogens (tertiary/aromatic N) is 2. The molecule has 0 spiro atoms. The maximum absolute atomic E-state index is 11.6. The van der Waals surface area contributed by atoms with Crippen molar-refractivity contribution < 1.29 is 14.5 Å². The number of pyridine rings is 1. The first-order valence-electron chi connectivity index (χ1n) is 8.69. The van der Waals surface area contributed by atoms with Crippen LogP contribution in [-0.4, -0.2) is 28.1 Å². The molecular formula is C19H23ClN4O4. The van der Waals surface area contributed by atoms with E-state index in [1.165, 1.54) is 0 Å². The molecular weight excluding hydrogens is 384 g/mol. The van der Waals surface area contributed by atoms with Gasteiger partial charge >= 0.3 is 11.8 Å². The summed E-state index contributed by atoms with van der Waals surface area (Å²) in [4.78, 5) is 26.2. The van der Waals surface area contributed by atoms with Crippen LogP contribution in [0.25, 0.3) is 0 Å². The quantitative estimate of drug-likeness (QED) is 0.407. The van der Waals surface area contributed by atoms with E-state index in [9.17, 15) is 14.9 Å². The number of anilines is 2. The number of aromatic nitrogens is 1. The van der Waals surface area contributed by atoms with Gasteiger partial charge < -0.3 is 15.4 Å².